The molecule has 0 aliphatic rings. The number of phenolic OH excluding ortho intramolecular Hbond substituents is 1. The Kier molecular flexibility index (Phi) is 4.83. The van der Waals surface area contributed by atoms with Crippen LogP contribution < -0.4 is 9.72 Å². The number of aliphatic imine (C=N–C) groups is 1. The molecule has 1 aromatic heterocycles. The van der Waals surface area contributed by atoms with Gasteiger partial charge in [-0.05, 0) is 48.5 Å². The van der Waals surface area contributed by atoms with Crippen LogP contribution in [0.3, 0.4) is 0 Å². The quantitative estimate of drug-likeness (QED) is 0.437. The maximum Gasteiger partial charge on any atom is 0.285 e. The molecule has 0 aliphatic heterocycles. The summed E-state index contributed by atoms with van der Waals surface area (Å²) >= 11 is 3.39. The lowest BCUT2D eigenvalue weighted by Gasteiger charge is -2.06. The highest BCUT2D eigenvalue weighted by atomic mass is 79.9. The van der Waals surface area contributed by atoms with Gasteiger partial charge in [0.1, 0.15) is 5.82 Å². The summed E-state index contributed by atoms with van der Waals surface area (Å²) in [6.07, 6.45) is 1.58. The van der Waals surface area contributed by atoms with Gasteiger partial charge in [-0.15, -0.1) is 0 Å². The number of phenols is 1. The summed E-state index contributed by atoms with van der Waals surface area (Å²) in [5.41, 5.74) is 3.88. The maximum atomic E-state index is 13.1. The van der Waals surface area contributed by atoms with Gasteiger partial charge in [-0.1, -0.05) is 15.9 Å². The zero-order valence-electron chi connectivity index (χ0n) is 14.8. The van der Waals surface area contributed by atoms with E-state index in [1.165, 1.54) is 19.2 Å². The molecule has 0 saturated carbocycles. The molecule has 5 nitrogen and oxygen atoms in total. The number of halogens is 2. The van der Waals surface area contributed by atoms with Crippen LogP contribution in [-0.2, 0) is 0 Å². The lowest BCUT2D eigenvalue weighted by atomic mass is 10.2. The number of aromatic amines is 2. The summed E-state index contributed by atoms with van der Waals surface area (Å²) in [6, 6.07) is 15.4. The average Bonchev–Trinajstić information content (AvgIpc) is 3.12. The molecule has 140 valence electrons. The minimum absolute atomic E-state index is 0.0299. The van der Waals surface area contributed by atoms with E-state index in [1.54, 1.807) is 30.5 Å². The van der Waals surface area contributed by atoms with Crippen LogP contribution in [-0.4, -0.2) is 23.4 Å². The largest absolute Gasteiger partial charge is 0.504 e. The molecular formula is C21H16BrFN3O2+. The molecule has 0 fully saturated rings. The molecule has 4 rings (SSSR count). The summed E-state index contributed by atoms with van der Waals surface area (Å²) in [4.78, 5) is 11.0. The Morgan fingerprint density at radius 3 is 2.68 bits per heavy atom. The van der Waals surface area contributed by atoms with E-state index < -0.39 is 0 Å². The van der Waals surface area contributed by atoms with Crippen molar-refractivity contribution >= 4 is 38.9 Å². The molecule has 0 atom stereocenters. The molecule has 0 unspecified atom stereocenters. The van der Waals surface area contributed by atoms with Gasteiger partial charge in [0.15, 0.2) is 22.5 Å². The van der Waals surface area contributed by atoms with Crippen molar-refractivity contribution in [1.82, 2.24) is 4.98 Å². The number of fused-ring (bicyclic) bond motifs is 1. The van der Waals surface area contributed by atoms with Crippen LogP contribution in [0, 0.1) is 5.82 Å². The number of aromatic hydroxyl groups is 1. The molecule has 0 saturated heterocycles. The Morgan fingerprint density at radius 2 is 1.93 bits per heavy atom. The third-order valence-electron chi connectivity index (χ3n) is 4.30. The molecule has 0 aliphatic carbocycles. The first kappa shape index (κ1) is 18.2. The Balaban J connectivity index is 1.66. The van der Waals surface area contributed by atoms with E-state index in [-0.39, 0.29) is 11.6 Å². The summed E-state index contributed by atoms with van der Waals surface area (Å²) in [6.45, 7) is 0. The SMILES string of the molecule is COc1cc(Br)cc(C=Nc2ccc3[nH+]c(-c4ccc(F)cc4)[nH]c3c2)c1O. The Bertz CT molecular complexity index is 1190. The molecular weight excluding hydrogens is 425 g/mol. The number of hydrogen-bond acceptors (Lipinski definition) is 3. The molecule has 3 aromatic carbocycles. The van der Waals surface area contributed by atoms with Gasteiger partial charge >= 0.3 is 0 Å². The number of imidazole rings is 1. The molecule has 7 heteroatoms. The van der Waals surface area contributed by atoms with Crippen molar-refractivity contribution in [3.8, 4) is 22.9 Å². The van der Waals surface area contributed by atoms with Crippen molar-refractivity contribution in [2.24, 2.45) is 4.99 Å². The number of aromatic nitrogens is 2. The number of ether oxygens (including phenoxy) is 1. The molecule has 0 spiro atoms. The normalized spacial score (nSPS) is 11.4. The summed E-state index contributed by atoms with van der Waals surface area (Å²) in [5.74, 6) is 0.908. The predicted octanol–water partition coefficient (Wildman–Crippen LogP) is 5.02. The van der Waals surface area contributed by atoms with Crippen LogP contribution in [0.1, 0.15) is 5.56 Å². The van der Waals surface area contributed by atoms with Crippen molar-refractivity contribution in [3.63, 3.8) is 0 Å². The van der Waals surface area contributed by atoms with E-state index in [4.69, 9.17) is 4.74 Å². The Hall–Kier alpha value is -3.19. The standard InChI is InChI=1S/C21H15BrFN3O2/c1-28-19-9-14(22)8-13(20(19)27)11-24-16-6-7-17-18(10-16)26-21(25-17)12-2-4-15(23)5-3-12/h2-11,27H,1H3,(H,25,26)/p+1. The molecule has 3 N–H and O–H groups in total. The molecule has 0 amide bonds. The lowest BCUT2D eigenvalue weighted by molar-refractivity contribution is -0.330. The van der Waals surface area contributed by atoms with E-state index >= 15 is 0 Å². The van der Waals surface area contributed by atoms with Crippen molar-refractivity contribution in [1.29, 1.82) is 0 Å². The number of rotatable bonds is 4. The minimum Gasteiger partial charge on any atom is -0.504 e. The van der Waals surface area contributed by atoms with E-state index in [0.29, 0.717) is 17.0 Å². The molecule has 1 heterocycles. The van der Waals surface area contributed by atoms with Crippen molar-refractivity contribution in [2.75, 3.05) is 7.11 Å². The molecule has 0 radical (unpaired) electrons. The van der Waals surface area contributed by atoms with E-state index in [0.717, 1.165) is 26.9 Å². The lowest BCUT2D eigenvalue weighted by Crippen LogP contribution is -2.02. The Morgan fingerprint density at radius 1 is 1.14 bits per heavy atom. The van der Waals surface area contributed by atoms with Crippen LogP contribution >= 0.6 is 15.9 Å². The van der Waals surface area contributed by atoms with Gasteiger partial charge in [0.05, 0.1) is 18.4 Å². The maximum absolute atomic E-state index is 13.1. The van der Waals surface area contributed by atoms with Crippen LogP contribution in [0.4, 0.5) is 10.1 Å². The predicted molar refractivity (Wildman–Crippen MR) is 110 cm³/mol. The number of methoxy groups -OCH3 is 1. The van der Waals surface area contributed by atoms with Gasteiger partial charge in [-0.25, -0.2) is 14.4 Å². The molecule has 4 aromatic rings. The number of hydrogen-bond donors (Lipinski definition) is 2. The highest BCUT2D eigenvalue weighted by Gasteiger charge is 2.13. The first-order valence-corrected chi connectivity index (χ1v) is 9.24. The molecule has 0 bridgehead atoms. The second kappa shape index (κ2) is 7.44. The van der Waals surface area contributed by atoms with Gasteiger partial charge in [0.25, 0.3) is 5.82 Å². The fourth-order valence-electron chi connectivity index (χ4n) is 2.88. The first-order valence-electron chi connectivity index (χ1n) is 8.45. The van der Waals surface area contributed by atoms with Crippen LogP contribution in [0.25, 0.3) is 22.4 Å². The van der Waals surface area contributed by atoms with Gasteiger partial charge in [0, 0.05) is 22.3 Å². The monoisotopic (exact) mass is 440 g/mol. The van der Waals surface area contributed by atoms with E-state index in [1.807, 2.05) is 18.2 Å². The fourth-order valence-corrected chi connectivity index (χ4v) is 3.33. The highest BCUT2D eigenvalue weighted by Crippen LogP contribution is 2.33. The van der Waals surface area contributed by atoms with E-state index in [2.05, 4.69) is 30.9 Å². The second-order valence-corrected chi connectivity index (χ2v) is 7.08. The van der Waals surface area contributed by atoms with Crippen LogP contribution in [0.15, 0.2) is 64.1 Å². The third kappa shape index (κ3) is 3.61. The zero-order valence-corrected chi connectivity index (χ0v) is 16.4. The fraction of sp³-hybridized carbons (Fsp3) is 0.0476. The summed E-state index contributed by atoms with van der Waals surface area (Å²) < 4.78 is 19.1. The van der Waals surface area contributed by atoms with Crippen LogP contribution in [0.2, 0.25) is 0 Å². The summed E-state index contributed by atoms with van der Waals surface area (Å²) in [7, 11) is 1.50. The average molecular weight is 441 g/mol. The summed E-state index contributed by atoms with van der Waals surface area (Å²) in [5, 5.41) is 10.2. The zero-order chi connectivity index (χ0) is 19.7. The van der Waals surface area contributed by atoms with Crippen LogP contribution in [0.5, 0.6) is 11.5 Å². The number of nitrogens with zero attached hydrogens (tertiary/aromatic N) is 1. The smallest absolute Gasteiger partial charge is 0.285 e. The van der Waals surface area contributed by atoms with Gasteiger partial charge < -0.3 is 9.84 Å². The first-order chi connectivity index (χ1) is 13.5. The van der Waals surface area contributed by atoms with Gasteiger partial charge in [-0.3, -0.25) is 4.99 Å². The minimum atomic E-state index is -0.274. The second-order valence-electron chi connectivity index (χ2n) is 6.17. The topological polar surface area (TPSA) is 71.8 Å². The molecule has 28 heavy (non-hydrogen) atoms. The Labute approximate surface area is 168 Å². The number of benzene rings is 3. The van der Waals surface area contributed by atoms with Crippen molar-refractivity contribution in [2.45, 2.75) is 0 Å². The number of H-pyrrole nitrogens is 2. The van der Waals surface area contributed by atoms with Gasteiger partial charge in [0.2, 0.25) is 0 Å². The third-order valence-corrected chi connectivity index (χ3v) is 4.76. The van der Waals surface area contributed by atoms with E-state index in [9.17, 15) is 9.50 Å². The number of nitrogens with one attached hydrogen (secondary N) is 2. The van der Waals surface area contributed by atoms with Crippen molar-refractivity contribution in [3.05, 3.63) is 70.5 Å². The van der Waals surface area contributed by atoms with Crippen molar-refractivity contribution < 1.29 is 19.2 Å². The highest BCUT2D eigenvalue weighted by molar-refractivity contribution is 9.10. The van der Waals surface area contributed by atoms with Gasteiger partial charge in [-0.2, -0.15) is 0 Å².